The second kappa shape index (κ2) is 9.58. The monoisotopic (exact) mass is 526 g/mol. The van der Waals surface area contributed by atoms with E-state index in [-0.39, 0.29) is 29.5 Å². The molecule has 1 aromatic carbocycles. The predicted molar refractivity (Wildman–Crippen MR) is 145 cm³/mol. The van der Waals surface area contributed by atoms with Crippen molar-refractivity contribution in [2.45, 2.75) is 38.6 Å². The number of likely N-dealkylation sites (tertiary alicyclic amines) is 1. The van der Waals surface area contributed by atoms with E-state index < -0.39 is 0 Å². The molecule has 0 bridgehead atoms. The minimum Gasteiger partial charge on any atom is -0.347 e. The molecule has 1 saturated carbocycles. The Hall–Kier alpha value is -4.23. The smallest absolute Gasteiger partial charge is 0.331 e. The first-order chi connectivity index (χ1) is 18.4. The number of rotatable bonds is 5. The van der Waals surface area contributed by atoms with E-state index in [4.69, 9.17) is 0 Å². The van der Waals surface area contributed by atoms with Crippen LogP contribution in [0.3, 0.4) is 0 Å². The van der Waals surface area contributed by atoms with Gasteiger partial charge in [0.2, 0.25) is 0 Å². The molecule has 1 aliphatic carbocycles. The van der Waals surface area contributed by atoms with Gasteiger partial charge in [0.25, 0.3) is 11.8 Å². The number of anilines is 3. The number of aromatic nitrogens is 1. The van der Waals surface area contributed by atoms with Gasteiger partial charge in [0, 0.05) is 25.3 Å². The topological polar surface area (TPSA) is 118 Å². The minimum absolute atomic E-state index is 0.188. The summed E-state index contributed by atoms with van der Waals surface area (Å²) in [5.74, 6) is -0.256. The molecule has 2 fully saturated rings. The van der Waals surface area contributed by atoms with Gasteiger partial charge in [-0.25, -0.2) is 9.78 Å². The molecule has 9 nitrogen and oxygen atoms in total. The summed E-state index contributed by atoms with van der Waals surface area (Å²) in [6.07, 6.45) is 6.91. The lowest BCUT2D eigenvalue weighted by Gasteiger charge is -2.33. The lowest BCUT2D eigenvalue weighted by molar-refractivity contribution is -0.128. The van der Waals surface area contributed by atoms with Crippen molar-refractivity contribution in [3.8, 4) is 6.07 Å². The van der Waals surface area contributed by atoms with Gasteiger partial charge in [0.05, 0.1) is 22.4 Å². The highest BCUT2D eigenvalue weighted by Crippen LogP contribution is 2.46. The molecular formula is C28H26N6O3S. The standard InChI is InChI=1S/C28H26N6O3S/c1-16-5-2-3-7-20(16)34-21-10-11-30-26-22(21)23(32-28(34)37)24(38-26)25(35)31-19-6-4-12-33(15-19)27(36)18(14-29)13-17-8-9-17/h2-3,5,7,10-11,13,17,19H,4,6,8-9,12,15H2,1H3,(H,31,35)(H,32,37)/b18-13+. The molecule has 6 rings (SSSR count). The number of hydrogen-bond donors (Lipinski definition) is 2. The van der Waals surface area contributed by atoms with Gasteiger partial charge in [-0.15, -0.1) is 11.3 Å². The van der Waals surface area contributed by atoms with Crippen LogP contribution in [0.5, 0.6) is 0 Å². The van der Waals surface area contributed by atoms with Gasteiger partial charge in [0.15, 0.2) is 0 Å². The van der Waals surface area contributed by atoms with E-state index in [1.165, 1.54) is 11.3 Å². The van der Waals surface area contributed by atoms with E-state index in [1.54, 1.807) is 28.1 Å². The highest BCUT2D eigenvalue weighted by molar-refractivity contribution is 7.21. The van der Waals surface area contributed by atoms with Crippen molar-refractivity contribution in [3.63, 3.8) is 0 Å². The number of para-hydroxylation sites is 1. The number of piperidine rings is 1. The van der Waals surface area contributed by atoms with Crippen molar-refractivity contribution < 1.29 is 14.4 Å². The van der Waals surface area contributed by atoms with Gasteiger partial charge in [-0.3, -0.25) is 14.5 Å². The maximum Gasteiger partial charge on any atom is 0.331 e. The van der Waals surface area contributed by atoms with Crippen LogP contribution in [-0.4, -0.2) is 46.9 Å². The van der Waals surface area contributed by atoms with Crippen LogP contribution in [-0.2, 0) is 4.79 Å². The molecule has 4 amide bonds. The molecule has 38 heavy (non-hydrogen) atoms. The van der Waals surface area contributed by atoms with E-state index in [1.807, 2.05) is 37.3 Å². The van der Waals surface area contributed by atoms with Crippen LogP contribution < -0.4 is 15.5 Å². The number of urea groups is 1. The summed E-state index contributed by atoms with van der Waals surface area (Å²) in [5.41, 5.74) is 3.04. The van der Waals surface area contributed by atoms with Gasteiger partial charge in [-0.2, -0.15) is 5.26 Å². The van der Waals surface area contributed by atoms with Crippen LogP contribution in [0.25, 0.3) is 10.2 Å². The normalized spacial score (nSPS) is 19.2. The van der Waals surface area contributed by atoms with Crippen LogP contribution in [0.15, 0.2) is 48.2 Å². The number of carbonyl (C=O) groups excluding carboxylic acids is 3. The summed E-state index contributed by atoms with van der Waals surface area (Å²) in [4.78, 5) is 48.5. The Morgan fingerprint density at radius 3 is 2.79 bits per heavy atom. The fourth-order valence-corrected chi connectivity index (χ4v) is 6.18. The molecule has 10 heteroatoms. The largest absolute Gasteiger partial charge is 0.347 e. The number of carbonyl (C=O) groups is 3. The Labute approximate surface area is 223 Å². The molecule has 2 aliphatic heterocycles. The predicted octanol–water partition coefficient (Wildman–Crippen LogP) is 4.87. The second-order valence-corrected chi connectivity index (χ2v) is 11.0. The number of thiophene rings is 1. The van der Waals surface area contributed by atoms with E-state index in [0.717, 1.165) is 42.3 Å². The number of allylic oxidation sites excluding steroid dienone is 1. The summed E-state index contributed by atoms with van der Waals surface area (Å²) in [6.45, 7) is 2.84. The van der Waals surface area contributed by atoms with Gasteiger partial charge in [-0.1, -0.05) is 24.3 Å². The number of hydrogen-bond acceptors (Lipinski definition) is 6. The van der Waals surface area contributed by atoms with E-state index in [9.17, 15) is 19.6 Å². The van der Waals surface area contributed by atoms with Crippen LogP contribution >= 0.6 is 11.3 Å². The zero-order valence-electron chi connectivity index (χ0n) is 20.9. The molecule has 0 radical (unpaired) electrons. The highest BCUT2D eigenvalue weighted by atomic mass is 32.1. The third-order valence-electron chi connectivity index (χ3n) is 7.23. The molecule has 3 aromatic rings. The van der Waals surface area contributed by atoms with Gasteiger partial charge < -0.3 is 15.5 Å². The number of aryl methyl sites for hydroxylation is 1. The highest BCUT2D eigenvalue weighted by Gasteiger charge is 2.34. The third kappa shape index (κ3) is 4.29. The van der Waals surface area contributed by atoms with Crippen molar-refractivity contribution in [2.24, 2.45) is 5.92 Å². The number of nitriles is 1. The lowest BCUT2D eigenvalue weighted by Crippen LogP contribution is -2.50. The van der Waals surface area contributed by atoms with Crippen molar-refractivity contribution >= 4 is 56.5 Å². The van der Waals surface area contributed by atoms with Crippen molar-refractivity contribution in [1.82, 2.24) is 15.2 Å². The number of nitrogens with zero attached hydrogens (tertiary/aromatic N) is 4. The Morgan fingerprint density at radius 1 is 1.21 bits per heavy atom. The number of nitrogens with one attached hydrogen (secondary N) is 2. The fourth-order valence-electron chi connectivity index (χ4n) is 5.15. The lowest BCUT2D eigenvalue weighted by atomic mass is 10.0. The molecular weight excluding hydrogens is 500 g/mol. The van der Waals surface area contributed by atoms with Crippen molar-refractivity contribution in [3.05, 3.63) is 58.6 Å². The molecule has 4 heterocycles. The summed E-state index contributed by atoms with van der Waals surface area (Å²) >= 11 is 1.23. The molecule has 192 valence electrons. The quantitative estimate of drug-likeness (QED) is 0.363. The zero-order chi connectivity index (χ0) is 26.4. The molecule has 2 aromatic heterocycles. The average Bonchev–Trinajstić information content (AvgIpc) is 3.67. The fraction of sp³-hybridized carbons (Fsp3) is 0.321. The first-order valence-electron chi connectivity index (χ1n) is 12.7. The van der Waals surface area contributed by atoms with Crippen LogP contribution in [0.4, 0.5) is 21.9 Å². The number of benzene rings is 1. The van der Waals surface area contributed by atoms with Crippen LogP contribution in [0.1, 0.15) is 40.9 Å². The maximum atomic E-state index is 13.5. The molecule has 3 aliphatic rings. The molecule has 1 atom stereocenters. The van der Waals surface area contributed by atoms with Crippen LogP contribution in [0, 0.1) is 24.2 Å². The first-order valence-corrected chi connectivity index (χ1v) is 13.6. The summed E-state index contributed by atoms with van der Waals surface area (Å²) in [7, 11) is 0. The molecule has 1 unspecified atom stereocenters. The zero-order valence-corrected chi connectivity index (χ0v) is 21.7. The summed E-state index contributed by atoms with van der Waals surface area (Å²) in [5, 5.41) is 16.2. The first kappa shape index (κ1) is 24.1. The van der Waals surface area contributed by atoms with Gasteiger partial charge in [-0.05, 0) is 56.2 Å². The van der Waals surface area contributed by atoms with Crippen molar-refractivity contribution in [2.75, 3.05) is 23.3 Å². The third-order valence-corrected chi connectivity index (χ3v) is 8.32. The molecule has 1 saturated heterocycles. The number of amides is 4. The minimum atomic E-state index is -0.340. The van der Waals surface area contributed by atoms with Gasteiger partial charge in [0.1, 0.15) is 21.3 Å². The average molecular weight is 527 g/mol. The van der Waals surface area contributed by atoms with E-state index >= 15 is 0 Å². The van der Waals surface area contributed by atoms with Crippen LogP contribution in [0.2, 0.25) is 0 Å². The van der Waals surface area contributed by atoms with E-state index in [0.29, 0.717) is 40.1 Å². The summed E-state index contributed by atoms with van der Waals surface area (Å²) < 4.78 is 0. The van der Waals surface area contributed by atoms with Crippen molar-refractivity contribution in [1.29, 1.82) is 5.26 Å². The SMILES string of the molecule is Cc1ccccc1N1C(=O)Nc2c(C(=O)NC3CCCN(C(=O)/C(C#N)=C/C4CC4)C3)sc3nccc1c23. The molecule has 2 N–H and O–H groups in total. The second-order valence-electron chi connectivity index (χ2n) is 9.96. The Bertz CT molecular complexity index is 1550. The van der Waals surface area contributed by atoms with E-state index in [2.05, 4.69) is 15.6 Å². The Morgan fingerprint density at radius 2 is 2.03 bits per heavy atom. The molecule has 0 spiro atoms. The van der Waals surface area contributed by atoms with Gasteiger partial charge >= 0.3 is 6.03 Å². The summed E-state index contributed by atoms with van der Waals surface area (Å²) in [6, 6.07) is 10.9. The number of pyridine rings is 1. The maximum absolute atomic E-state index is 13.5. The Balaban J connectivity index is 1.25. The Kier molecular flexibility index (Phi) is 6.08.